The summed E-state index contributed by atoms with van der Waals surface area (Å²) < 4.78 is 2.03. The number of nitrogens with zero attached hydrogens (tertiary/aromatic N) is 4. The van der Waals surface area contributed by atoms with Crippen LogP contribution in [0.1, 0.15) is 5.56 Å². The Morgan fingerprint density at radius 1 is 0.844 bits per heavy atom. The second kappa shape index (κ2) is 8.25. The van der Waals surface area contributed by atoms with Gasteiger partial charge in [0, 0.05) is 16.3 Å². The van der Waals surface area contributed by atoms with E-state index in [-0.39, 0.29) is 5.28 Å². The summed E-state index contributed by atoms with van der Waals surface area (Å²) in [7, 11) is 0. The van der Waals surface area contributed by atoms with E-state index in [2.05, 4.69) is 47.4 Å². The molecule has 154 valence electrons. The number of halogens is 1. The van der Waals surface area contributed by atoms with Gasteiger partial charge in [-0.1, -0.05) is 92.0 Å². The number of benzene rings is 3. The van der Waals surface area contributed by atoms with E-state index in [1.54, 1.807) is 6.08 Å². The third kappa shape index (κ3) is 3.41. The summed E-state index contributed by atoms with van der Waals surface area (Å²) in [6.45, 7) is 8.02. The van der Waals surface area contributed by atoms with Crippen LogP contribution in [0, 0.1) is 0 Å². The van der Waals surface area contributed by atoms with Crippen molar-refractivity contribution in [3.8, 4) is 17.3 Å². The molecule has 0 aliphatic rings. The van der Waals surface area contributed by atoms with Crippen molar-refractivity contribution in [3.05, 3.63) is 115 Å². The van der Waals surface area contributed by atoms with Gasteiger partial charge < -0.3 is 0 Å². The third-order valence-electron chi connectivity index (χ3n) is 5.31. The van der Waals surface area contributed by atoms with E-state index in [9.17, 15) is 0 Å². The summed E-state index contributed by atoms with van der Waals surface area (Å²) in [6.07, 6.45) is 5.59. The van der Waals surface area contributed by atoms with Crippen LogP contribution in [0.2, 0.25) is 5.28 Å². The Morgan fingerprint density at radius 2 is 1.59 bits per heavy atom. The van der Waals surface area contributed by atoms with Crippen LogP contribution >= 0.6 is 11.6 Å². The van der Waals surface area contributed by atoms with E-state index >= 15 is 0 Å². The standard InChI is InChI=1S/C27H19ClN4/c1-3-4-11-18(2)20-15-10-17-23-24(20)21-14-8-9-16-22(21)32(23)27-30-25(29-26(28)31-27)19-12-6-5-7-13-19/h3-17H,1-2H2/b11-4-. The Morgan fingerprint density at radius 3 is 2.41 bits per heavy atom. The fourth-order valence-electron chi connectivity index (χ4n) is 3.93. The summed E-state index contributed by atoms with van der Waals surface area (Å²) in [5, 5.41) is 2.32. The third-order valence-corrected chi connectivity index (χ3v) is 5.47. The van der Waals surface area contributed by atoms with Crippen molar-refractivity contribution in [1.29, 1.82) is 0 Å². The molecule has 0 N–H and O–H groups in total. The maximum absolute atomic E-state index is 6.35. The number of hydrogen-bond acceptors (Lipinski definition) is 3. The fourth-order valence-corrected chi connectivity index (χ4v) is 4.09. The molecule has 0 fully saturated rings. The highest BCUT2D eigenvalue weighted by Crippen LogP contribution is 2.36. The molecule has 3 aromatic carbocycles. The van der Waals surface area contributed by atoms with Gasteiger partial charge in [-0.15, -0.1) is 0 Å². The van der Waals surface area contributed by atoms with E-state index in [1.807, 2.05) is 65.3 Å². The first-order chi connectivity index (χ1) is 15.7. The lowest BCUT2D eigenvalue weighted by Crippen LogP contribution is -2.04. The number of fused-ring (bicyclic) bond motifs is 3. The summed E-state index contributed by atoms with van der Waals surface area (Å²) in [5.74, 6) is 1.00. The van der Waals surface area contributed by atoms with E-state index in [1.165, 1.54) is 0 Å². The molecule has 2 heterocycles. The molecule has 5 heteroatoms. The van der Waals surface area contributed by atoms with Crippen molar-refractivity contribution < 1.29 is 0 Å². The van der Waals surface area contributed by atoms with Gasteiger partial charge in [0.05, 0.1) is 11.0 Å². The highest BCUT2D eigenvalue weighted by molar-refractivity contribution is 6.28. The highest BCUT2D eigenvalue weighted by Gasteiger charge is 2.18. The van der Waals surface area contributed by atoms with Gasteiger partial charge in [0.15, 0.2) is 5.82 Å². The Hall–Kier alpha value is -4.02. The van der Waals surface area contributed by atoms with Crippen LogP contribution in [-0.4, -0.2) is 19.5 Å². The molecular weight excluding hydrogens is 416 g/mol. The summed E-state index contributed by atoms with van der Waals surface area (Å²) >= 11 is 6.35. The predicted octanol–water partition coefficient (Wildman–Crippen LogP) is 7.04. The second-order valence-electron chi connectivity index (χ2n) is 7.27. The molecule has 0 aliphatic heterocycles. The summed E-state index contributed by atoms with van der Waals surface area (Å²) in [4.78, 5) is 13.6. The number of aromatic nitrogens is 4. The van der Waals surface area contributed by atoms with Gasteiger partial charge in [-0.2, -0.15) is 15.0 Å². The van der Waals surface area contributed by atoms with Gasteiger partial charge >= 0.3 is 0 Å². The van der Waals surface area contributed by atoms with Gasteiger partial charge in [0.25, 0.3) is 0 Å². The van der Waals surface area contributed by atoms with Crippen LogP contribution in [0.3, 0.4) is 0 Å². The van der Waals surface area contributed by atoms with E-state index < -0.39 is 0 Å². The minimum Gasteiger partial charge on any atom is -0.278 e. The molecule has 0 saturated heterocycles. The van der Waals surface area contributed by atoms with Gasteiger partial charge in [0.2, 0.25) is 11.2 Å². The lowest BCUT2D eigenvalue weighted by Gasteiger charge is -2.09. The van der Waals surface area contributed by atoms with Crippen LogP contribution in [0.5, 0.6) is 0 Å². The average Bonchev–Trinajstić information content (AvgIpc) is 3.17. The number of allylic oxidation sites excluding steroid dienone is 4. The minimum atomic E-state index is 0.147. The smallest absolute Gasteiger partial charge is 0.239 e. The van der Waals surface area contributed by atoms with Crippen molar-refractivity contribution in [2.24, 2.45) is 0 Å². The zero-order valence-corrected chi connectivity index (χ0v) is 18.0. The minimum absolute atomic E-state index is 0.147. The molecule has 5 aromatic rings. The van der Waals surface area contributed by atoms with Crippen LogP contribution in [0.25, 0.3) is 44.7 Å². The second-order valence-corrected chi connectivity index (χ2v) is 7.60. The lowest BCUT2D eigenvalue weighted by molar-refractivity contribution is 0.947. The first kappa shape index (κ1) is 19.9. The molecule has 0 amide bonds. The van der Waals surface area contributed by atoms with Crippen molar-refractivity contribution in [2.75, 3.05) is 0 Å². The van der Waals surface area contributed by atoms with E-state index in [0.29, 0.717) is 11.8 Å². The van der Waals surface area contributed by atoms with Gasteiger partial charge in [-0.3, -0.25) is 4.57 Å². The topological polar surface area (TPSA) is 43.6 Å². The molecular formula is C27H19ClN4. The molecule has 0 radical (unpaired) electrons. The molecule has 2 aromatic heterocycles. The lowest BCUT2D eigenvalue weighted by atomic mass is 10.00. The van der Waals surface area contributed by atoms with Crippen molar-refractivity contribution >= 4 is 39.0 Å². The van der Waals surface area contributed by atoms with Crippen LogP contribution in [0.15, 0.2) is 104 Å². The van der Waals surface area contributed by atoms with Crippen LogP contribution < -0.4 is 0 Å². The number of rotatable bonds is 5. The zero-order valence-electron chi connectivity index (χ0n) is 17.2. The Kier molecular flexibility index (Phi) is 5.13. The molecule has 0 atom stereocenters. The normalized spacial score (nSPS) is 11.4. The van der Waals surface area contributed by atoms with Gasteiger partial charge in [-0.25, -0.2) is 0 Å². The molecule has 0 aliphatic carbocycles. The van der Waals surface area contributed by atoms with E-state index in [4.69, 9.17) is 16.6 Å². The SMILES string of the molecule is C=C/C=C\C(=C)c1cccc2c1c1ccccc1n2-c1nc(Cl)nc(-c2ccccc2)n1. The number of hydrogen-bond donors (Lipinski definition) is 0. The Bertz CT molecular complexity index is 1510. The molecule has 0 spiro atoms. The molecule has 4 nitrogen and oxygen atoms in total. The summed E-state index contributed by atoms with van der Waals surface area (Å²) in [5.41, 5.74) is 4.77. The van der Waals surface area contributed by atoms with Crippen LogP contribution in [0.4, 0.5) is 0 Å². The molecule has 5 rings (SSSR count). The maximum atomic E-state index is 6.35. The van der Waals surface area contributed by atoms with Crippen molar-refractivity contribution in [1.82, 2.24) is 19.5 Å². The summed E-state index contributed by atoms with van der Waals surface area (Å²) in [6, 6.07) is 24.1. The van der Waals surface area contributed by atoms with Crippen molar-refractivity contribution in [2.45, 2.75) is 0 Å². The largest absolute Gasteiger partial charge is 0.278 e. The molecule has 0 bridgehead atoms. The maximum Gasteiger partial charge on any atom is 0.239 e. The van der Waals surface area contributed by atoms with E-state index in [0.717, 1.165) is 38.5 Å². The Labute approximate surface area is 190 Å². The molecule has 32 heavy (non-hydrogen) atoms. The monoisotopic (exact) mass is 434 g/mol. The molecule has 0 unspecified atom stereocenters. The fraction of sp³-hybridized carbons (Fsp3) is 0. The first-order valence-electron chi connectivity index (χ1n) is 10.2. The zero-order chi connectivity index (χ0) is 22.1. The average molecular weight is 435 g/mol. The number of para-hydroxylation sites is 1. The Balaban J connectivity index is 1.82. The predicted molar refractivity (Wildman–Crippen MR) is 133 cm³/mol. The van der Waals surface area contributed by atoms with Crippen LogP contribution in [-0.2, 0) is 0 Å². The highest BCUT2D eigenvalue weighted by atomic mass is 35.5. The van der Waals surface area contributed by atoms with Gasteiger partial charge in [-0.05, 0) is 34.9 Å². The quantitative estimate of drug-likeness (QED) is 0.278. The first-order valence-corrected chi connectivity index (χ1v) is 10.5. The molecule has 0 saturated carbocycles. The van der Waals surface area contributed by atoms with Gasteiger partial charge in [0.1, 0.15) is 0 Å². The van der Waals surface area contributed by atoms with Crippen molar-refractivity contribution in [3.63, 3.8) is 0 Å².